The fourth-order valence-electron chi connectivity index (χ4n) is 3.56. The van der Waals surface area contributed by atoms with E-state index in [2.05, 4.69) is 20.6 Å². The number of hydrogen-bond donors (Lipinski definition) is 2. The van der Waals surface area contributed by atoms with Crippen molar-refractivity contribution in [2.45, 2.75) is 31.8 Å². The maximum absolute atomic E-state index is 12.5. The van der Waals surface area contributed by atoms with Crippen molar-refractivity contribution in [3.05, 3.63) is 52.0 Å². The van der Waals surface area contributed by atoms with Gasteiger partial charge in [0.25, 0.3) is 11.8 Å². The molecule has 2 N–H and O–H groups in total. The molecule has 0 saturated carbocycles. The fourth-order valence-corrected chi connectivity index (χ4v) is 5.31. The van der Waals surface area contributed by atoms with Crippen LogP contribution in [0.3, 0.4) is 0 Å². The predicted molar refractivity (Wildman–Crippen MR) is 126 cm³/mol. The average Bonchev–Trinajstić information content (AvgIpc) is 3.59. The highest BCUT2D eigenvalue weighted by atomic mass is 32.2. The van der Waals surface area contributed by atoms with Crippen LogP contribution < -0.4 is 10.6 Å². The van der Waals surface area contributed by atoms with E-state index < -0.39 is 0 Å². The number of hydrogen-bond acceptors (Lipinski definition) is 7. The summed E-state index contributed by atoms with van der Waals surface area (Å²) >= 11 is 2.84. The van der Waals surface area contributed by atoms with Gasteiger partial charge < -0.3 is 15.5 Å². The van der Waals surface area contributed by atoms with E-state index in [0.717, 1.165) is 31.0 Å². The molecule has 0 bridgehead atoms. The molecule has 0 radical (unpaired) electrons. The molecule has 3 heterocycles. The lowest BCUT2D eigenvalue weighted by molar-refractivity contribution is -0.130. The molecule has 1 fully saturated rings. The van der Waals surface area contributed by atoms with E-state index in [-0.39, 0.29) is 36.3 Å². The molecule has 2 aliphatic heterocycles. The van der Waals surface area contributed by atoms with Gasteiger partial charge in [-0.3, -0.25) is 19.4 Å². The minimum atomic E-state index is -0.343. The zero-order chi connectivity index (χ0) is 22.5. The Hall–Kier alpha value is -2.72. The van der Waals surface area contributed by atoms with Crippen LogP contribution >= 0.6 is 23.1 Å². The Morgan fingerprint density at radius 3 is 2.66 bits per heavy atom. The first kappa shape index (κ1) is 22.5. The summed E-state index contributed by atoms with van der Waals surface area (Å²) in [6.45, 7) is 3.75. The van der Waals surface area contributed by atoms with Crippen LogP contribution in [0.5, 0.6) is 0 Å². The van der Waals surface area contributed by atoms with Crippen molar-refractivity contribution >= 4 is 45.9 Å². The zero-order valence-corrected chi connectivity index (χ0v) is 19.4. The molecule has 168 valence electrons. The summed E-state index contributed by atoms with van der Waals surface area (Å²) < 4.78 is 0. The lowest BCUT2D eigenvalue weighted by Crippen LogP contribution is -2.36. The zero-order valence-electron chi connectivity index (χ0n) is 17.7. The maximum atomic E-state index is 12.5. The Bertz CT molecular complexity index is 1020. The third kappa shape index (κ3) is 5.36. The first-order valence-corrected chi connectivity index (χ1v) is 12.5. The molecule has 8 nitrogen and oxygen atoms in total. The average molecular weight is 472 g/mol. The van der Waals surface area contributed by atoms with Crippen molar-refractivity contribution < 1.29 is 14.4 Å². The van der Waals surface area contributed by atoms with Gasteiger partial charge in [-0.2, -0.15) is 0 Å². The van der Waals surface area contributed by atoms with Crippen LogP contribution in [0.4, 0.5) is 0 Å². The molecule has 1 aromatic heterocycles. The van der Waals surface area contributed by atoms with Crippen LogP contribution in [0, 0.1) is 0 Å². The van der Waals surface area contributed by atoms with E-state index in [9.17, 15) is 14.4 Å². The van der Waals surface area contributed by atoms with E-state index in [4.69, 9.17) is 0 Å². The summed E-state index contributed by atoms with van der Waals surface area (Å²) in [6.07, 6.45) is 2.12. The second kappa shape index (κ2) is 10.3. The van der Waals surface area contributed by atoms with Crippen LogP contribution in [-0.2, 0) is 4.79 Å². The van der Waals surface area contributed by atoms with E-state index in [1.807, 2.05) is 30.0 Å². The molecule has 32 heavy (non-hydrogen) atoms. The SMILES string of the molecule is CC(NC(=O)c1ccccc1)c1nc(C(=O)NCC2=N[C@@H](C(=O)N3CCCC3)CS2)cs1. The largest absolute Gasteiger partial charge is 0.344 e. The molecule has 10 heteroatoms. The molecule has 1 aromatic carbocycles. The van der Waals surface area contributed by atoms with Crippen molar-refractivity contribution in [3.8, 4) is 0 Å². The number of carbonyl (C=O) groups excluding carboxylic acids is 3. The van der Waals surface area contributed by atoms with Gasteiger partial charge >= 0.3 is 0 Å². The molecule has 1 saturated heterocycles. The van der Waals surface area contributed by atoms with Gasteiger partial charge in [0.05, 0.1) is 17.6 Å². The molecule has 4 rings (SSSR count). The Morgan fingerprint density at radius 1 is 1.16 bits per heavy atom. The molecule has 3 amide bonds. The number of thiazole rings is 1. The molecule has 2 atom stereocenters. The monoisotopic (exact) mass is 471 g/mol. The molecular weight excluding hydrogens is 446 g/mol. The molecule has 2 aliphatic rings. The topological polar surface area (TPSA) is 104 Å². The first-order valence-electron chi connectivity index (χ1n) is 10.6. The van der Waals surface area contributed by atoms with Gasteiger partial charge in [0.15, 0.2) is 0 Å². The second-order valence-electron chi connectivity index (χ2n) is 7.70. The minimum absolute atomic E-state index is 0.0898. The van der Waals surface area contributed by atoms with E-state index in [1.165, 1.54) is 23.1 Å². The summed E-state index contributed by atoms with van der Waals surface area (Å²) in [5, 5.41) is 8.82. The summed E-state index contributed by atoms with van der Waals surface area (Å²) in [5.74, 6) is 0.229. The quantitative estimate of drug-likeness (QED) is 0.646. The number of benzene rings is 1. The van der Waals surface area contributed by atoms with Crippen LogP contribution in [0.25, 0.3) is 0 Å². The number of likely N-dealkylation sites (tertiary alicyclic amines) is 1. The normalized spacial score (nSPS) is 18.8. The van der Waals surface area contributed by atoms with E-state index >= 15 is 0 Å². The Labute approximate surface area is 194 Å². The first-order chi connectivity index (χ1) is 15.5. The predicted octanol–water partition coefficient (Wildman–Crippen LogP) is 2.50. The van der Waals surface area contributed by atoms with E-state index in [0.29, 0.717) is 22.0 Å². The van der Waals surface area contributed by atoms with Crippen molar-refractivity contribution in [1.82, 2.24) is 20.5 Å². The Kier molecular flexibility index (Phi) is 7.21. The van der Waals surface area contributed by atoms with Crippen molar-refractivity contribution in [1.29, 1.82) is 0 Å². The smallest absolute Gasteiger partial charge is 0.271 e. The lowest BCUT2D eigenvalue weighted by atomic mass is 10.2. The minimum Gasteiger partial charge on any atom is -0.344 e. The second-order valence-corrected chi connectivity index (χ2v) is 9.68. The number of thioether (sulfide) groups is 1. The van der Waals surface area contributed by atoms with Gasteiger partial charge in [-0.05, 0) is 31.9 Å². The van der Waals surface area contributed by atoms with E-state index in [1.54, 1.807) is 17.5 Å². The van der Waals surface area contributed by atoms with Gasteiger partial charge in [0.1, 0.15) is 16.7 Å². The standard InChI is InChI=1S/C22H25N5O3S2/c1-14(24-19(28)15-7-3-2-4-8-15)21-26-16(12-32-21)20(29)23-11-18-25-17(13-31-18)22(30)27-9-5-6-10-27/h2-4,7-8,12,14,17H,5-6,9-11,13H2,1H3,(H,23,29)(H,24,28)/t14?,17-/m1/s1. The fraction of sp³-hybridized carbons (Fsp3) is 0.409. The number of nitrogens with zero attached hydrogens (tertiary/aromatic N) is 3. The van der Waals surface area contributed by atoms with Crippen molar-refractivity contribution in [3.63, 3.8) is 0 Å². The Morgan fingerprint density at radius 2 is 1.91 bits per heavy atom. The van der Waals surface area contributed by atoms with Gasteiger partial charge in [-0.1, -0.05) is 18.2 Å². The molecule has 0 aliphatic carbocycles. The van der Waals surface area contributed by atoms with Gasteiger partial charge in [-0.25, -0.2) is 4.98 Å². The summed E-state index contributed by atoms with van der Waals surface area (Å²) in [6, 6.07) is 8.30. The van der Waals surface area contributed by atoms with Crippen LogP contribution in [0.1, 0.15) is 51.7 Å². The number of carbonyl (C=O) groups is 3. The Balaban J connectivity index is 1.28. The summed E-state index contributed by atoms with van der Waals surface area (Å²) in [4.78, 5) is 48.1. The number of aromatic nitrogens is 1. The molecule has 1 unspecified atom stereocenters. The maximum Gasteiger partial charge on any atom is 0.271 e. The lowest BCUT2D eigenvalue weighted by Gasteiger charge is -2.17. The highest BCUT2D eigenvalue weighted by molar-refractivity contribution is 8.14. The van der Waals surface area contributed by atoms with Gasteiger partial charge in [0, 0.05) is 29.8 Å². The summed E-state index contributed by atoms with van der Waals surface area (Å²) in [7, 11) is 0. The number of rotatable bonds is 7. The number of aliphatic imine (C=N–C) groups is 1. The highest BCUT2D eigenvalue weighted by Gasteiger charge is 2.30. The number of amides is 3. The van der Waals surface area contributed by atoms with Gasteiger partial charge in [0.2, 0.25) is 5.91 Å². The molecule has 2 aromatic rings. The third-order valence-electron chi connectivity index (χ3n) is 5.32. The van der Waals surface area contributed by atoms with Gasteiger partial charge in [-0.15, -0.1) is 23.1 Å². The van der Waals surface area contributed by atoms with Crippen LogP contribution in [0.2, 0.25) is 0 Å². The number of nitrogens with one attached hydrogen (secondary N) is 2. The van der Waals surface area contributed by atoms with Crippen LogP contribution in [-0.4, -0.2) is 64.1 Å². The third-order valence-corrected chi connectivity index (χ3v) is 7.41. The van der Waals surface area contributed by atoms with Crippen LogP contribution in [0.15, 0.2) is 40.7 Å². The molecular formula is C22H25N5O3S2. The van der Waals surface area contributed by atoms with Crippen molar-refractivity contribution in [2.24, 2.45) is 4.99 Å². The summed E-state index contributed by atoms with van der Waals surface area (Å²) in [5.41, 5.74) is 0.879. The van der Waals surface area contributed by atoms with Crippen molar-refractivity contribution in [2.75, 3.05) is 25.4 Å². The molecule has 0 spiro atoms. The highest BCUT2D eigenvalue weighted by Crippen LogP contribution is 2.22.